The van der Waals surface area contributed by atoms with Crippen LogP contribution in [0, 0.1) is 12.3 Å². The van der Waals surface area contributed by atoms with Crippen LogP contribution in [0.25, 0.3) is 0 Å². The Kier molecular flexibility index (Phi) is 4.71. The molecule has 0 saturated carbocycles. The van der Waals surface area contributed by atoms with Gasteiger partial charge in [-0.1, -0.05) is 20.8 Å². The van der Waals surface area contributed by atoms with Crippen molar-refractivity contribution in [1.82, 2.24) is 10.2 Å². The Morgan fingerprint density at radius 1 is 1.29 bits per heavy atom. The number of rotatable bonds is 2. The number of hydrogen-bond donors (Lipinski definition) is 1. The molecule has 0 aromatic carbocycles. The summed E-state index contributed by atoms with van der Waals surface area (Å²) < 4.78 is 0. The molecular formula is C16H24N2O2S. The largest absolute Gasteiger partial charge is 0.348 e. The number of carbonyl (C=O) groups excluding carboxylic acids is 2. The summed E-state index contributed by atoms with van der Waals surface area (Å²) in [6, 6.07) is 2.13. The highest BCUT2D eigenvalue weighted by molar-refractivity contribution is 7.12. The summed E-state index contributed by atoms with van der Waals surface area (Å²) in [7, 11) is 0. The highest BCUT2D eigenvalue weighted by Gasteiger charge is 2.30. The second kappa shape index (κ2) is 6.18. The van der Waals surface area contributed by atoms with Crippen LogP contribution in [0.4, 0.5) is 0 Å². The molecule has 0 bridgehead atoms. The molecule has 1 N–H and O–H groups in total. The minimum absolute atomic E-state index is 0.0168. The van der Waals surface area contributed by atoms with Gasteiger partial charge in [-0.15, -0.1) is 11.3 Å². The zero-order valence-corrected chi connectivity index (χ0v) is 14.0. The van der Waals surface area contributed by atoms with Gasteiger partial charge in [-0.05, 0) is 36.8 Å². The van der Waals surface area contributed by atoms with Crippen LogP contribution in [0.3, 0.4) is 0 Å². The summed E-state index contributed by atoms with van der Waals surface area (Å²) in [5, 5.41) is 5.03. The molecule has 0 atom stereocenters. The topological polar surface area (TPSA) is 49.4 Å². The Bertz CT molecular complexity index is 523. The van der Waals surface area contributed by atoms with E-state index in [1.165, 1.54) is 11.3 Å². The fourth-order valence-corrected chi connectivity index (χ4v) is 3.39. The second-order valence-corrected chi connectivity index (χ2v) is 7.64. The molecule has 2 heterocycles. The Hall–Kier alpha value is -1.36. The van der Waals surface area contributed by atoms with E-state index in [1.807, 2.05) is 44.0 Å². The Labute approximate surface area is 130 Å². The maximum absolute atomic E-state index is 12.2. The number of nitrogens with one attached hydrogen (secondary N) is 1. The van der Waals surface area contributed by atoms with Crippen LogP contribution in [-0.2, 0) is 4.79 Å². The lowest BCUT2D eigenvalue weighted by Gasteiger charge is -2.36. The predicted molar refractivity (Wildman–Crippen MR) is 85.6 cm³/mol. The fourth-order valence-electron chi connectivity index (χ4n) is 2.56. The van der Waals surface area contributed by atoms with Crippen LogP contribution in [0.1, 0.15) is 48.8 Å². The van der Waals surface area contributed by atoms with E-state index in [0.717, 1.165) is 36.4 Å². The van der Waals surface area contributed by atoms with Crippen molar-refractivity contribution in [3.8, 4) is 0 Å². The van der Waals surface area contributed by atoms with Gasteiger partial charge in [0.25, 0.3) is 5.91 Å². The first-order valence-corrected chi connectivity index (χ1v) is 8.31. The van der Waals surface area contributed by atoms with Crippen LogP contribution in [-0.4, -0.2) is 35.8 Å². The number of amides is 2. The predicted octanol–water partition coefficient (Wildman–Crippen LogP) is 2.82. The van der Waals surface area contributed by atoms with E-state index in [-0.39, 0.29) is 23.3 Å². The van der Waals surface area contributed by atoms with E-state index >= 15 is 0 Å². The van der Waals surface area contributed by atoms with Gasteiger partial charge in [0.2, 0.25) is 5.91 Å². The zero-order valence-electron chi connectivity index (χ0n) is 13.2. The third kappa shape index (κ3) is 3.84. The molecule has 0 aliphatic carbocycles. The molecule has 116 valence electrons. The molecule has 1 fully saturated rings. The van der Waals surface area contributed by atoms with Crippen molar-refractivity contribution in [2.75, 3.05) is 13.1 Å². The number of piperidine rings is 1. The average molecular weight is 308 g/mol. The van der Waals surface area contributed by atoms with E-state index in [4.69, 9.17) is 0 Å². The first kappa shape index (κ1) is 16.0. The number of carbonyl (C=O) groups is 2. The lowest BCUT2D eigenvalue weighted by atomic mass is 9.93. The number of likely N-dealkylation sites (tertiary alicyclic amines) is 1. The van der Waals surface area contributed by atoms with Gasteiger partial charge in [-0.2, -0.15) is 0 Å². The average Bonchev–Trinajstić information content (AvgIpc) is 2.84. The SMILES string of the molecule is Cc1ccsc1C(=O)NC1CCN(C(=O)C(C)(C)C)CC1. The lowest BCUT2D eigenvalue weighted by Crippen LogP contribution is -2.49. The van der Waals surface area contributed by atoms with Gasteiger partial charge in [0.15, 0.2) is 0 Å². The lowest BCUT2D eigenvalue weighted by molar-refractivity contribution is -0.140. The van der Waals surface area contributed by atoms with Crippen molar-refractivity contribution in [2.24, 2.45) is 5.41 Å². The van der Waals surface area contributed by atoms with Crippen molar-refractivity contribution >= 4 is 23.2 Å². The quantitative estimate of drug-likeness (QED) is 0.913. The summed E-state index contributed by atoms with van der Waals surface area (Å²) in [5.74, 6) is 0.212. The highest BCUT2D eigenvalue weighted by atomic mass is 32.1. The third-order valence-corrected chi connectivity index (χ3v) is 4.84. The molecule has 0 unspecified atom stereocenters. The fraction of sp³-hybridized carbons (Fsp3) is 0.625. The van der Waals surface area contributed by atoms with Crippen LogP contribution in [0.15, 0.2) is 11.4 Å². The molecule has 0 radical (unpaired) electrons. The third-order valence-electron chi connectivity index (χ3n) is 3.83. The Morgan fingerprint density at radius 2 is 1.90 bits per heavy atom. The maximum Gasteiger partial charge on any atom is 0.261 e. The number of nitrogens with zero attached hydrogens (tertiary/aromatic N) is 1. The van der Waals surface area contributed by atoms with Crippen molar-refractivity contribution in [3.05, 3.63) is 21.9 Å². The van der Waals surface area contributed by atoms with Gasteiger partial charge < -0.3 is 10.2 Å². The molecular weight excluding hydrogens is 284 g/mol. The van der Waals surface area contributed by atoms with E-state index in [1.54, 1.807) is 0 Å². The van der Waals surface area contributed by atoms with Gasteiger partial charge in [0.05, 0.1) is 4.88 Å². The van der Waals surface area contributed by atoms with Crippen LogP contribution >= 0.6 is 11.3 Å². The van der Waals surface area contributed by atoms with Crippen LogP contribution < -0.4 is 5.32 Å². The van der Waals surface area contributed by atoms with E-state index in [0.29, 0.717) is 0 Å². The standard InChI is InChI=1S/C16H24N2O2S/c1-11-7-10-21-13(11)14(19)17-12-5-8-18(9-6-12)15(20)16(2,3)4/h7,10,12H,5-6,8-9H2,1-4H3,(H,17,19). The number of hydrogen-bond acceptors (Lipinski definition) is 3. The molecule has 2 rings (SSSR count). The second-order valence-electron chi connectivity index (χ2n) is 6.72. The summed E-state index contributed by atoms with van der Waals surface area (Å²) in [4.78, 5) is 27.1. The monoisotopic (exact) mass is 308 g/mol. The first-order valence-electron chi connectivity index (χ1n) is 7.43. The normalized spacial score (nSPS) is 16.9. The van der Waals surface area contributed by atoms with E-state index < -0.39 is 0 Å². The molecule has 5 heteroatoms. The molecule has 1 aromatic rings. The highest BCUT2D eigenvalue weighted by Crippen LogP contribution is 2.22. The molecule has 4 nitrogen and oxygen atoms in total. The van der Waals surface area contributed by atoms with Crippen molar-refractivity contribution < 1.29 is 9.59 Å². The minimum atomic E-state index is -0.329. The molecule has 2 amide bonds. The molecule has 1 saturated heterocycles. The first-order chi connectivity index (χ1) is 9.79. The maximum atomic E-state index is 12.2. The molecule has 0 spiro atoms. The van der Waals surface area contributed by atoms with Crippen molar-refractivity contribution in [2.45, 2.75) is 46.6 Å². The zero-order chi connectivity index (χ0) is 15.6. The van der Waals surface area contributed by atoms with E-state index in [9.17, 15) is 9.59 Å². The summed E-state index contributed by atoms with van der Waals surface area (Å²) >= 11 is 1.48. The van der Waals surface area contributed by atoms with Crippen LogP contribution in [0.2, 0.25) is 0 Å². The molecule has 1 aliphatic rings. The van der Waals surface area contributed by atoms with Gasteiger partial charge in [0, 0.05) is 24.5 Å². The molecule has 1 aromatic heterocycles. The summed E-state index contributed by atoms with van der Waals surface area (Å²) in [6.07, 6.45) is 1.66. The Morgan fingerprint density at radius 3 is 2.38 bits per heavy atom. The van der Waals surface area contributed by atoms with Gasteiger partial charge >= 0.3 is 0 Å². The van der Waals surface area contributed by atoms with E-state index in [2.05, 4.69) is 5.32 Å². The van der Waals surface area contributed by atoms with Crippen molar-refractivity contribution in [3.63, 3.8) is 0 Å². The van der Waals surface area contributed by atoms with Crippen LogP contribution in [0.5, 0.6) is 0 Å². The summed E-state index contributed by atoms with van der Waals surface area (Å²) in [6.45, 7) is 9.25. The van der Waals surface area contributed by atoms with Gasteiger partial charge in [-0.3, -0.25) is 9.59 Å². The van der Waals surface area contributed by atoms with Gasteiger partial charge in [0.1, 0.15) is 0 Å². The number of aryl methyl sites for hydroxylation is 1. The Balaban J connectivity index is 1.86. The summed E-state index contributed by atoms with van der Waals surface area (Å²) in [5.41, 5.74) is 0.697. The van der Waals surface area contributed by atoms with Gasteiger partial charge in [-0.25, -0.2) is 0 Å². The molecule has 21 heavy (non-hydrogen) atoms. The number of thiophene rings is 1. The minimum Gasteiger partial charge on any atom is -0.348 e. The smallest absolute Gasteiger partial charge is 0.261 e. The van der Waals surface area contributed by atoms with Crippen molar-refractivity contribution in [1.29, 1.82) is 0 Å². The molecule has 1 aliphatic heterocycles.